The van der Waals surface area contributed by atoms with Crippen LogP contribution in [0.5, 0.6) is 0 Å². The first-order valence-electron chi connectivity index (χ1n) is 11.6. The third kappa shape index (κ3) is 8.02. The first-order chi connectivity index (χ1) is 14.8. The lowest BCUT2D eigenvalue weighted by molar-refractivity contribution is 0.228. The van der Waals surface area contributed by atoms with Crippen molar-refractivity contribution < 1.29 is 5.11 Å². The molecule has 0 aliphatic rings. The molecule has 0 bridgehead atoms. The number of pyridine rings is 1. The Labute approximate surface area is 188 Å². The number of aryl methyl sites for hydroxylation is 4. The fourth-order valence-corrected chi connectivity index (χ4v) is 3.83. The summed E-state index contributed by atoms with van der Waals surface area (Å²) in [5.74, 6) is 1.41. The van der Waals surface area contributed by atoms with Gasteiger partial charge in [0.15, 0.2) is 0 Å². The Morgan fingerprint density at radius 2 is 2.00 bits per heavy atom. The minimum atomic E-state index is 0.123. The average Bonchev–Trinajstić information content (AvgIpc) is 3.08. The molecule has 31 heavy (non-hydrogen) atoms. The smallest absolute Gasteiger partial charge is 0.129 e. The van der Waals surface area contributed by atoms with Crippen LogP contribution in [0.25, 0.3) is 0 Å². The summed E-state index contributed by atoms with van der Waals surface area (Å²) in [6.45, 7) is 15.9. The molecule has 172 valence electrons. The van der Waals surface area contributed by atoms with Gasteiger partial charge in [-0.3, -0.25) is 4.68 Å². The van der Waals surface area contributed by atoms with Gasteiger partial charge in [-0.25, -0.2) is 4.98 Å². The highest BCUT2D eigenvalue weighted by atomic mass is 16.3. The average molecular weight is 428 g/mol. The van der Waals surface area contributed by atoms with E-state index < -0.39 is 0 Å². The normalized spacial score (nSPS) is 12.3. The minimum absolute atomic E-state index is 0.123. The number of unbranched alkanes of at least 4 members (excludes halogenated alkanes) is 1. The Balaban J connectivity index is 1.87. The molecule has 2 N–H and O–H groups in total. The van der Waals surface area contributed by atoms with Gasteiger partial charge < -0.3 is 15.3 Å². The number of aromatic nitrogens is 3. The van der Waals surface area contributed by atoms with Crippen molar-refractivity contribution in [1.82, 2.24) is 19.7 Å². The van der Waals surface area contributed by atoms with E-state index in [9.17, 15) is 5.11 Å². The van der Waals surface area contributed by atoms with Crippen LogP contribution in [0.1, 0.15) is 55.8 Å². The molecule has 0 saturated heterocycles. The Kier molecular flexibility index (Phi) is 10.0. The van der Waals surface area contributed by atoms with Crippen LogP contribution < -0.4 is 5.32 Å². The number of anilines is 1. The molecule has 0 fully saturated rings. The van der Waals surface area contributed by atoms with Crippen molar-refractivity contribution in [2.24, 2.45) is 5.92 Å². The fraction of sp³-hybridized carbons (Fsp3) is 0.600. The lowest BCUT2D eigenvalue weighted by Crippen LogP contribution is -2.31. The van der Waals surface area contributed by atoms with Crippen LogP contribution in [0.15, 0.2) is 30.5 Å². The molecule has 0 spiro atoms. The van der Waals surface area contributed by atoms with Crippen molar-refractivity contribution in [1.29, 1.82) is 0 Å². The van der Waals surface area contributed by atoms with E-state index in [4.69, 9.17) is 4.98 Å². The summed E-state index contributed by atoms with van der Waals surface area (Å²) in [7, 11) is 1.94. The molecule has 0 aliphatic heterocycles. The summed E-state index contributed by atoms with van der Waals surface area (Å²) in [4.78, 5) is 7.26. The van der Waals surface area contributed by atoms with Crippen molar-refractivity contribution in [2.45, 2.75) is 66.3 Å². The highest BCUT2D eigenvalue weighted by Crippen LogP contribution is 2.16. The van der Waals surface area contributed by atoms with Crippen molar-refractivity contribution in [2.75, 3.05) is 32.0 Å². The lowest BCUT2D eigenvalue weighted by atomic mass is 10.1. The highest BCUT2D eigenvalue weighted by Gasteiger charge is 2.12. The number of allylic oxidation sites excluding steroid dienone is 1. The SMILES string of the molecule is C=C(O)C(C)CCN(CCCCc1ccc(CC)c(NC)n1)CCn1nc(C)cc1C. The highest BCUT2D eigenvalue weighted by molar-refractivity contribution is 5.44. The predicted octanol–water partition coefficient (Wildman–Crippen LogP) is 4.92. The number of aliphatic hydroxyl groups is 1. The predicted molar refractivity (Wildman–Crippen MR) is 130 cm³/mol. The first kappa shape index (κ1) is 24.9. The van der Waals surface area contributed by atoms with Crippen LogP contribution in [0, 0.1) is 19.8 Å². The first-order valence-corrected chi connectivity index (χ1v) is 11.6. The molecular weight excluding hydrogens is 386 g/mol. The second-order valence-corrected chi connectivity index (χ2v) is 8.54. The second-order valence-electron chi connectivity index (χ2n) is 8.54. The topological polar surface area (TPSA) is 66.2 Å². The Morgan fingerprint density at radius 1 is 1.23 bits per heavy atom. The maximum Gasteiger partial charge on any atom is 0.129 e. The third-order valence-electron chi connectivity index (χ3n) is 5.99. The van der Waals surface area contributed by atoms with E-state index in [1.807, 2.05) is 20.9 Å². The van der Waals surface area contributed by atoms with Crippen LogP contribution in [0.2, 0.25) is 0 Å². The summed E-state index contributed by atoms with van der Waals surface area (Å²) in [6, 6.07) is 6.48. The Morgan fingerprint density at radius 3 is 2.61 bits per heavy atom. The van der Waals surface area contributed by atoms with Crippen LogP contribution in [0.3, 0.4) is 0 Å². The molecule has 2 heterocycles. The standard InChI is InChI=1S/C25H41N5O/c1-7-23-11-12-24(27-25(23)26-6)10-8-9-14-29(15-13-19(2)22(5)31)16-17-30-21(4)18-20(3)28-30/h11-12,18-19,31H,5,7-10,13-17H2,1-4,6H3,(H,26,27). The maximum atomic E-state index is 9.66. The van der Waals surface area contributed by atoms with E-state index in [-0.39, 0.29) is 11.7 Å². The van der Waals surface area contributed by atoms with E-state index in [0.29, 0.717) is 0 Å². The molecule has 6 nitrogen and oxygen atoms in total. The monoisotopic (exact) mass is 427 g/mol. The summed E-state index contributed by atoms with van der Waals surface area (Å²) in [5, 5.41) is 17.5. The summed E-state index contributed by atoms with van der Waals surface area (Å²) in [5.41, 5.74) is 4.69. The second kappa shape index (κ2) is 12.5. The van der Waals surface area contributed by atoms with Crippen LogP contribution in [-0.4, -0.2) is 51.5 Å². The summed E-state index contributed by atoms with van der Waals surface area (Å²) < 4.78 is 2.09. The quantitative estimate of drug-likeness (QED) is 0.331. The summed E-state index contributed by atoms with van der Waals surface area (Å²) >= 11 is 0. The summed E-state index contributed by atoms with van der Waals surface area (Å²) in [6.07, 6.45) is 5.14. The maximum absolute atomic E-state index is 9.66. The van der Waals surface area contributed by atoms with Crippen LogP contribution in [-0.2, 0) is 19.4 Å². The van der Waals surface area contributed by atoms with Gasteiger partial charge in [0, 0.05) is 30.9 Å². The van der Waals surface area contributed by atoms with Crippen molar-refractivity contribution >= 4 is 5.82 Å². The third-order valence-corrected chi connectivity index (χ3v) is 5.99. The van der Waals surface area contributed by atoms with E-state index in [2.05, 4.69) is 58.6 Å². The molecule has 2 aromatic rings. The number of hydrogen-bond donors (Lipinski definition) is 2. The molecule has 6 heteroatoms. The number of rotatable bonds is 14. The number of nitrogens with one attached hydrogen (secondary N) is 1. The number of nitrogens with zero attached hydrogens (tertiary/aromatic N) is 4. The van der Waals surface area contributed by atoms with E-state index in [1.165, 1.54) is 11.3 Å². The Bertz CT molecular complexity index is 829. The molecule has 0 aromatic carbocycles. The zero-order valence-electron chi connectivity index (χ0n) is 20.1. The number of hydrogen-bond acceptors (Lipinski definition) is 5. The van der Waals surface area contributed by atoms with Gasteiger partial charge in [-0.15, -0.1) is 0 Å². The molecule has 0 amide bonds. The van der Waals surface area contributed by atoms with E-state index in [1.54, 1.807) is 0 Å². The molecule has 0 radical (unpaired) electrons. The van der Waals surface area contributed by atoms with E-state index in [0.717, 1.165) is 75.5 Å². The van der Waals surface area contributed by atoms with Crippen molar-refractivity contribution in [3.05, 3.63) is 53.2 Å². The zero-order valence-corrected chi connectivity index (χ0v) is 20.1. The van der Waals surface area contributed by atoms with Gasteiger partial charge in [-0.1, -0.05) is 26.5 Å². The molecule has 1 unspecified atom stereocenters. The van der Waals surface area contributed by atoms with Gasteiger partial charge in [0.25, 0.3) is 0 Å². The molecule has 2 aromatic heterocycles. The van der Waals surface area contributed by atoms with Gasteiger partial charge in [0.2, 0.25) is 0 Å². The van der Waals surface area contributed by atoms with Crippen molar-refractivity contribution in [3.63, 3.8) is 0 Å². The van der Waals surface area contributed by atoms with Crippen molar-refractivity contribution in [3.8, 4) is 0 Å². The lowest BCUT2D eigenvalue weighted by Gasteiger charge is -2.24. The largest absolute Gasteiger partial charge is 0.513 e. The van der Waals surface area contributed by atoms with Gasteiger partial charge in [-0.05, 0) is 76.7 Å². The van der Waals surface area contributed by atoms with Gasteiger partial charge in [0.05, 0.1) is 18.0 Å². The molecule has 0 saturated carbocycles. The van der Waals surface area contributed by atoms with E-state index >= 15 is 0 Å². The van der Waals surface area contributed by atoms with Crippen LogP contribution in [0.4, 0.5) is 5.82 Å². The Hall–Kier alpha value is -2.34. The number of aliphatic hydroxyl groups excluding tert-OH is 1. The van der Waals surface area contributed by atoms with Gasteiger partial charge in [-0.2, -0.15) is 5.10 Å². The van der Waals surface area contributed by atoms with Gasteiger partial charge >= 0.3 is 0 Å². The van der Waals surface area contributed by atoms with Crippen LogP contribution >= 0.6 is 0 Å². The fourth-order valence-electron chi connectivity index (χ4n) is 3.83. The minimum Gasteiger partial charge on any atom is -0.513 e. The molecule has 2 rings (SSSR count). The molecule has 1 atom stereocenters. The van der Waals surface area contributed by atoms with Gasteiger partial charge in [0.1, 0.15) is 5.82 Å². The molecular formula is C25H41N5O. The zero-order chi connectivity index (χ0) is 22.8. The molecule has 0 aliphatic carbocycles.